The Kier molecular flexibility index (Phi) is 3.01. The van der Waals surface area contributed by atoms with Crippen molar-refractivity contribution in [2.45, 2.75) is 37.0 Å². The number of hydrogen-bond acceptors (Lipinski definition) is 3. The number of hydrogen-bond donors (Lipinski definition) is 3. The van der Waals surface area contributed by atoms with Crippen LogP contribution in [0.5, 0.6) is 0 Å². The summed E-state index contributed by atoms with van der Waals surface area (Å²) in [6, 6.07) is 0. The van der Waals surface area contributed by atoms with Crippen LogP contribution in [-0.2, 0) is 4.79 Å². The Bertz CT molecular complexity index is 172. The van der Waals surface area contributed by atoms with Crippen LogP contribution < -0.4 is 5.32 Å². The van der Waals surface area contributed by atoms with Gasteiger partial charge < -0.3 is 10.4 Å². The molecule has 0 aromatic carbocycles. The summed E-state index contributed by atoms with van der Waals surface area (Å²) in [7, 11) is 0. The second-order valence-corrected chi connectivity index (χ2v) is 4.23. The standard InChI is InChI=1S/C8H15NO2S/c1-6(12)7(11)9-8(5-10)3-2-4-8/h6,10,12H,2-5H2,1H3,(H,9,11). The molecule has 1 saturated carbocycles. The van der Waals surface area contributed by atoms with Gasteiger partial charge in [-0.25, -0.2) is 0 Å². The summed E-state index contributed by atoms with van der Waals surface area (Å²) < 4.78 is 0. The third kappa shape index (κ3) is 1.93. The Morgan fingerprint density at radius 1 is 1.75 bits per heavy atom. The van der Waals surface area contributed by atoms with Crippen LogP contribution in [0, 0.1) is 0 Å². The monoisotopic (exact) mass is 189 g/mol. The van der Waals surface area contributed by atoms with Crippen molar-refractivity contribution >= 4 is 18.5 Å². The first-order valence-electron chi connectivity index (χ1n) is 4.21. The lowest BCUT2D eigenvalue weighted by Crippen LogP contribution is -2.57. The zero-order valence-corrected chi connectivity index (χ0v) is 8.10. The molecule has 0 heterocycles. The molecule has 12 heavy (non-hydrogen) atoms. The predicted octanol–water partition coefficient (Wildman–Crippen LogP) is 0.336. The molecule has 3 nitrogen and oxygen atoms in total. The molecule has 70 valence electrons. The highest BCUT2D eigenvalue weighted by atomic mass is 32.1. The zero-order valence-electron chi connectivity index (χ0n) is 7.21. The van der Waals surface area contributed by atoms with Gasteiger partial charge in [-0.2, -0.15) is 12.6 Å². The molecule has 1 unspecified atom stereocenters. The number of rotatable bonds is 3. The smallest absolute Gasteiger partial charge is 0.233 e. The van der Waals surface area contributed by atoms with Crippen molar-refractivity contribution in [3.63, 3.8) is 0 Å². The summed E-state index contributed by atoms with van der Waals surface area (Å²) in [5, 5.41) is 11.5. The largest absolute Gasteiger partial charge is 0.394 e. The molecule has 1 aliphatic rings. The van der Waals surface area contributed by atoms with Gasteiger partial charge in [0.05, 0.1) is 17.4 Å². The maximum Gasteiger partial charge on any atom is 0.233 e. The number of carbonyl (C=O) groups excluding carboxylic acids is 1. The molecular formula is C8H15NO2S. The zero-order chi connectivity index (χ0) is 9.19. The van der Waals surface area contributed by atoms with Gasteiger partial charge in [0, 0.05) is 0 Å². The van der Waals surface area contributed by atoms with E-state index >= 15 is 0 Å². The van der Waals surface area contributed by atoms with Gasteiger partial charge in [0.25, 0.3) is 0 Å². The summed E-state index contributed by atoms with van der Waals surface area (Å²) in [6.45, 7) is 1.77. The molecule has 0 bridgehead atoms. The highest BCUT2D eigenvalue weighted by Crippen LogP contribution is 2.31. The summed E-state index contributed by atoms with van der Waals surface area (Å²) in [4.78, 5) is 11.2. The minimum absolute atomic E-state index is 0.0409. The van der Waals surface area contributed by atoms with E-state index in [0.29, 0.717) is 0 Å². The molecule has 0 radical (unpaired) electrons. The molecule has 0 aliphatic heterocycles. The molecular weight excluding hydrogens is 174 g/mol. The van der Waals surface area contributed by atoms with Crippen molar-refractivity contribution in [3.05, 3.63) is 0 Å². The molecule has 4 heteroatoms. The van der Waals surface area contributed by atoms with E-state index in [0.717, 1.165) is 19.3 Å². The molecule has 1 amide bonds. The fourth-order valence-corrected chi connectivity index (χ4v) is 1.36. The lowest BCUT2D eigenvalue weighted by Gasteiger charge is -2.41. The quantitative estimate of drug-likeness (QED) is 0.561. The maximum atomic E-state index is 11.2. The van der Waals surface area contributed by atoms with Crippen LogP contribution in [0.2, 0.25) is 0 Å². The van der Waals surface area contributed by atoms with Crippen LogP contribution in [0.15, 0.2) is 0 Å². The van der Waals surface area contributed by atoms with Crippen molar-refractivity contribution < 1.29 is 9.90 Å². The highest BCUT2D eigenvalue weighted by Gasteiger charge is 2.37. The van der Waals surface area contributed by atoms with Gasteiger partial charge >= 0.3 is 0 Å². The normalized spacial score (nSPS) is 22.6. The van der Waals surface area contributed by atoms with E-state index in [9.17, 15) is 4.79 Å². The Morgan fingerprint density at radius 3 is 2.58 bits per heavy atom. The number of aliphatic hydroxyl groups excluding tert-OH is 1. The molecule has 1 fully saturated rings. The van der Waals surface area contributed by atoms with E-state index in [1.165, 1.54) is 0 Å². The average molecular weight is 189 g/mol. The summed E-state index contributed by atoms with van der Waals surface area (Å²) in [5.41, 5.74) is -0.325. The van der Waals surface area contributed by atoms with E-state index in [2.05, 4.69) is 17.9 Å². The minimum Gasteiger partial charge on any atom is -0.394 e. The van der Waals surface area contributed by atoms with Crippen LogP contribution in [0.1, 0.15) is 26.2 Å². The summed E-state index contributed by atoms with van der Waals surface area (Å²) >= 11 is 4.01. The van der Waals surface area contributed by atoms with Crippen molar-refractivity contribution in [1.29, 1.82) is 0 Å². The van der Waals surface area contributed by atoms with E-state index in [1.54, 1.807) is 6.92 Å². The second-order valence-electron chi connectivity index (χ2n) is 3.46. The lowest BCUT2D eigenvalue weighted by atomic mass is 9.77. The Morgan fingerprint density at radius 2 is 2.33 bits per heavy atom. The van der Waals surface area contributed by atoms with Gasteiger partial charge in [-0.05, 0) is 26.2 Å². The average Bonchev–Trinajstić information content (AvgIpc) is 1.96. The fourth-order valence-electron chi connectivity index (χ4n) is 1.29. The van der Waals surface area contributed by atoms with Gasteiger partial charge in [0.15, 0.2) is 0 Å². The molecule has 0 aromatic rings. The fraction of sp³-hybridized carbons (Fsp3) is 0.875. The molecule has 1 aliphatic carbocycles. The van der Waals surface area contributed by atoms with Crippen molar-refractivity contribution in [2.75, 3.05) is 6.61 Å². The highest BCUT2D eigenvalue weighted by molar-refractivity contribution is 7.81. The number of amides is 1. The van der Waals surface area contributed by atoms with Crippen molar-refractivity contribution in [1.82, 2.24) is 5.32 Å². The van der Waals surface area contributed by atoms with E-state index in [1.807, 2.05) is 0 Å². The van der Waals surface area contributed by atoms with Crippen molar-refractivity contribution in [2.24, 2.45) is 0 Å². The molecule has 1 atom stereocenters. The van der Waals surface area contributed by atoms with E-state index < -0.39 is 0 Å². The van der Waals surface area contributed by atoms with Gasteiger partial charge in [0.1, 0.15) is 0 Å². The minimum atomic E-state index is -0.325. The SMILES string of the molecule is CC(S)C(=O)NC1(CO)CCC1. The van der Waals surface area contributed by atoms with Crippen LogP contribution in [0.4, 0.5) is 0 Å². The van der Waals surface area contributed by atoms with E-state index in [-0.39, 0.29) is 23.3 Å². The third-order valence-electron chi connectivity index (χ3n) is 2.38. The third-order valence-corrected chi connectivity index (χ3v) is 2.62. The first kappa shape index (κ1) is 9.86. The number of carbonyl (C=O) groups is 1. The number of aliphatic hydroxyl groups is 1. The second kappa shape index (κ2) is 3.66. The summed E-state index contributed by atoms with van der Waals surface area (Å²) in [6.07, 6.45) is 2.85. The molecule has 0 aromatic heterocycles. The topological polar surface area (TPSA) is 49.3 Å². The van der Waals surface area contributed by atoms with Gasteiger partial charge in [-0.15, -0.1) is 0 Å². The Labute approximate surface area is 77.9 Å². The first-order chi connectivity index (χ1) is 5.59. The molecule has 0 saturated heterocycles. The van der Waals surface area contributed by atoms with Crippen LogP contribution in [-0.4, -0.2) is 28.4 Å². The first-order valence-corrected chi connectivity index (χ1v) is 4.72. The predicted molar refractivity (Wildman–Crippen MR) is 50.3 cm³/mol. The number of thiol groups is 1. The Hall–Kier alpha value is -0.220. The maximum absolute atomic E-state index is 11.2. The van der Waals surface area contributed by atoms with Gasteiger partial charge in [-0.1, -0.05) is 0 Å². The Balaban J connectivity index is 2.43. The number of nitrogens with one attached hydrogen (secondary N) is 1. The molecule has 2 N–H and O–H groups in total. The van der Waals surface area contributed by atoms with Gasteiger partial charge in [0.2, 0.25) is 5.91 Å². The van der Waals surface area contributed by atoms with Gasteiger partial charge in [-0.3, -0.25) is 4.79 Å². The van der Waals surface area contributed by atoms with Crippen molar-refractivity contribution in [3.8, 4) is 0 Å². The van der Waals surface area contributed by atoms with Crippen LogP contribution in [0.25, 0.3) is 0 Å². The lowest BCUT2D eigenvalue weighted by molar-refractivity contribution is -0.124. The molecule has 0 spiro atoms. The van der Waals surface area contributed by atoms with Crippen LogP contribution >= 0.6 is 12.6 Å². The molecule has 1 rings (SSSR count). The summed E-state index contributed by atoms with van der Waals surface area (Å²) in [5.74, 6) is -0.0907. The van der Waals surface area contributed by atoms with E-state index in [4.69, 9.17) is 5.11 Å². The van der Waals surface area contributed by atoms with Crippen LogP contribution in [0.3, 0.4) is 0 Å².